The third-order valence-electron chi connectivity index (χ3n) is 2.83. The summed E-state index contributed by atoms with van der Waals surface area (Å²) in [5.41, 5.74) is 1.61. The van der Waals surface area contributed by atoms with Crippen molar-refractivity contribution in [2.24, 2.45) is 0 Å². The first-order valence-corrected chi connectivity index (χ1v) is 7.46. The first-order valence-electron chi connectivity index (χ1n) is 5.88. The summed E-state index contributed by atoms with van der Waals surface area (Å²) in [6.45, 7) is 0. The number of anilines is 1. The van der Waals surface area contributed by atoms with Crippen LogP contribution in [0, 0.1) is 0 Å². The Morgan fingerprint density at radius 2 is 1.90 bits per heavy atom. The van der Waals surface area contributed by atoms with Gasteiger partial charge in [0.1, 0.15) is 0 Å². The predicted molar refractivity (Wildman–Crippen MR) is 85.4 cm³/mol. The summed E-state index contributed by atoms with van der Waals surface area (Å²) in [6.07, 6.45) is 1.77. The van der Waals surface area contributed by atoms with Gasteiger partial charge in [0.05, 0.1) is 10.6 Å². The molecule has 1 aliphatic heterocycles. The zero-order chi connectivity index (χ0) is 14.1. The molecule has 0 fully saturated rings. The molecule has 5 heteroatoms. The average molecular weight is 322 g/mol. The maximum absolute atomic E-state index is 12.1. The van der Waals surface area contributed by atoms with E-state index >= 15 is 0 Å². The number of para-hydroxylation sites is 1. The van der Waals surface area contributed by atoms with E-state index in [4.69, 9.17) is 23.2 Å². The fraction of sp³-hybridized carbons (Fsp3) is 0. The van der Waals surface area contributed by atoms with Gasteiger partial charge < -0.3 is 5.32 Å². The van der Waals surface area contributed by atoms with E-state index in [1.54, 1.807) is 24.3 Å². The van der Waals surface area contributed by atoms with E-state index in [9.17, 15) is 4.79 Å². The molecular weight excluding hydrogens is 313 g/mol. The monoisotopic (exact) mass is 321 g/mol. The minimum Gasteiger partial charge on any atom is -0.320 e. The van der Waals surface area contributed by atoms with Gasteiger partial charge in [0.15, 0.2) is 0 Å². The Labute approximate surface area is 130 Å². The standard InChI is InChI=1S/C15H9Cl2NOS/c16-10-6-5-9(11(17)8-10)7-14-15(19)18-12-3-1-2-4-13(12)20-14/h1-8H,(H,18,19)/b14-7+. The topological polar surface area (TPSA) is 29.1 Å². The second-order valence-electron chi connectivity index (χ2n) is 4.23. The summed E-state index contributed by atoms with van der Waals surface area (Å²) >= 11 is 13.4. The lowest BCUT2D eigenvalue weighted by atomic mass is 10.2. The Bertz CT molecular complexity index is 728. The molecule has 20 heavy (non-hydrogen) atoms. The Hall–Kier alpha value is -1.42. The van der Waals surface area contributed by atoms with Crippen molar-refractivity contribution in [2.75, 3.05) is 5.32 Å². The van der Waals surface area contributed by atoms with Gasteiger partial charge in [0.2, 0.25) is 0 Å². The van der Waals surface area contributed by atoms with Gasteiger partial charge in [-0.1, -0.05) is 53.2 Å². The zero-order valence-corrected chi connectivity index (χ0v) is 12.5. The van der Waals surface area contributed by atoms with Crippen molar-refractivity contribution in [3.63, 3.8) is 0 Å². The Balaban J connectivity index is 1.98. The van der Waals surface area contributed by atoms with Crippen molar-refractivity contribution in [3.8, 4) is 0 Å². The van der Waals surface area contributed by atoms with Crippen LogP contribution in [-0.2, 0) is 4.79 Å². The Kier molecular flexibility index (Phi) is 3.74. The van der Waals surface area contributed by atoms with E-state index in [-0.39, 0.29) is 5.91 Å². The summed E-state index contributed by atoms with van der Waals surface area (Å²) in [7, 11) is 0. The lowest BCUT2D eigenvalue weighted by molar-refractivity contribution is -0.112. The van der Waals surface area contributed by atoms with Crippen LogP contribution in [0.15, 0.2) is 52.3 Å². The lowest BCUT2D eigenvalue weighted by Crippen LogP contribution is -2.17. The minimum atomic E-state index is -0.125. The van der Waals surface area contributed by atoms with Gasteiger partial charge in [0, 0.05) is 14.9 Å². The summed E-state index contributed by atoms with van der Waals surface area (Å²) in [5, 5.41) is 3.96. The molecule has 1 amide bonds. The van der Waals surface area contributed by atoms with Crippen molar-refractivity contribution >= 4 is 52.6 Å². The van der Waals surface area contributed by atoms with Crippen molar-refractivity contribution in [3.05, 3.63) is 63.0 Å². The SMILES string of the molecule is O=C1Nc2ccccc2S/C1=C/c1ccc(Cl)cc1Cl. The predicted octanol–water partition coefficient (Wildman–Crippen LogP) is 5.08. The number of carbonyl (C=O) groups excluding carboxylic acids is 1. The van der Waals surface area contributed by atoms with E-state index in [0.29, 0.717) is 15.0 Å². The molecule has 0 atom stereocenters. The molecule has 0 bridgehead atoms. The molecule has 2 aromatic carbocycles. The first kappa shape index (κ1) is 13.6. The molecule has 1 aliphatic rings. The van der Waals surface area contributed by atoms with Crippen molar-refractivity contribution in [1.29, 1.82) is 0 Å². The highest BCUT2D eigenvalue weighted by Gasteiger charge is 2.20. The molecule has 100 valence electrons. The number of fused-ring (bicyclic) bond motifs is 1. The van der Waals surface area contributed by atoms with E-state index < -0.39 is 0 Å². The molecule has 2 nitrogen and oxygen atoms in total. The minimum absolute atomic E-state index is 0.125. The van der Waals surface area contributed by atoms with Crippen molar-refractivity contribution < 1.29 is 4.79 Å². The molecule has 0 unspecified atom stereocenters. The maximum Gasteiger partial charge on any atom is 0.262 e. The van der Waals surface area contributed by atoms with Crippen LogP contribution in [0.4, 0.5) is 5.69 Å². The molecular formula is C15H9Cl2NOS. The molecule has 1 heterocycles. The smallest absolute Gasteiger partial charge is 0.262 e. The van der Waals surface area contributed by atoms with Crippen LogP contribution in [-0.4, -0.2) is 5.91 Å². The van der Waals surface area contributed by atoms with Crippen LogP contribution in [0.2, 0.25) is 10.0 Å². The molecule has 3 rings (SSSR count). The second kappa shape index (κ2) is 5.52. The average Bonchev–Trinajstić information content (AvgIpc) is 2.42. The number of benzene rings is 2. The van der Waals surface area contributed by atoms with E-state index in [2.05, 4.69) is 5.32 Å². The normalized spacial score (nSPS) is 15.9. The van der Waals surface area contributed by atoms with Crippen LogP contribution in [0.3, 0.4) is 0 Å². The Morgan fingerprint density at radius 3 is 2.70 bits per heavy atom. The van der Waals surface area contributed by atoms with Gasteiger partial charge in [-0.25, -0.2) is 0 Å². The molecule has 0 saturated heterocycles. The number of thioether (sulfide) groups is 1. The highest BCUT2D eigenvalue weighted by atomic mass is 35.5. The number of amides is 1. The maximum atomic E-state index is 12.1. The zero-order valence-electron chi connectivity index (χ0n) is 10.2. The van der Waals surface area contributed by atoms with Crippen LogP contribution < -0.4 is 5.32 Å². The summed E-state index contributed by atoms with van der Waals surface area (Å²) in [6, 6.07) is 12.9. The molecule has 0 aromatic heterocycles. The molecule has 0 spiro atoms. The largest absolute Gasteiger partial charge is 0.320 e. The van der Waals surface area contributed by atoms with E-state index in [0.717, 1.165) is 16.1 Å². The quantitative estimate of drug-likeness (QED) is 0.742. The van der Waals surface area contributed by atoms with E-state index in [1.165, 1.54) is 11.8 Å². The van der Waals surface area contributed by atoms with Gasteiger partial charge in [-0.3, -0.25) is 4.79 Å². The second-order valence-corrected chi connectivity index (χ2v) is 6.15. The van der Waals surface area contributed by atoms with Crippen LogP contribution >= 0.6 is 35.0 Å². The van der Waals surface area contributed by atoms with Crippen LogP contribution in [0.1, 0.15) is 5.56 Å². The van der Waals surface area contributed by atoms with Gasteiger partial charge in [0.25, 0.3) is 5.91 Å². The third-order valence-corrected chi connectivity index (χ3v) is 4.49. The molecule has 0 saturated carbocycles. The van der Waals surface area contributed by atoms with Crippen molar-refractivity contribution in [1.82, 2.24) is 0 Å². The number of rotatable bonds is 1. The first-order chi connectivity index (χ1) is 9.63. The Morgan fingerprint density at radius 1 is 1.10 bits per heavy atom. The van der Waals surface area contributed by atoms with Crippen molar-refractivity contribution in [2.45, 2.75) is 4.90 Å². The van der Waals surface area contributed by atoms with Gasteiger partial charge >= 0.3 is 0 Å². The molecule has 1 N–H and O–H groups in total. The van der Waals surface area contributed by atoms with E-state index in [1.807, 2.05) is 24.3 Å². The molecule has 0 radical (unpaired) electrons. The van der Waals surface area contributed by atoms with Gasteiger partial charge in [-0.05, 0) is 35.9 Å². The lowest BCUT2D eigenvalue weighted by Gasteiger charge is -2.18. The number of hydrogen-bond acceptors (Lipinski definition) is 2. The summed E-state index contributed by atoms with van der Waals surface area (Å²) in [5.74, 6) is -0.125. The number of halogens is 2. The van der Waals surface area contributed by atoms with Crippen LogP contribution in [0.5, 0.6) is 0 Å². The number of hydrogen-bond donors (Lipinski definition) is 1. The summed E-state index contributed by atoms with van der Waals surface area (Å²) < 4.78 is 0. The molecule has 2 aromatic rings. The van der Waals surface area contributed by atoms with Gasteiger partial charge in [-0.2, -0.15) is 0 Å². The highest BCUT2D eigenvalue weighted by Crippen LogP contribution is 2.39. The highest BCUT2D eigenvalue weighted by molar-refractivity contribution is 8.04. The fourth-order valence-electron chi connectivity index (χ4n) is 1.86. The van der Waals surface area contributed by atoms with Gasteiger partial charge in [-0.15, -0.1) is 0 Å². The third kappa shape index (κ3) is 2.70. The number of carbonyl (C=O) groups is 1. The fourth-order valence-corrected chi connectivity index (χ4v) is 3.27. The van der Waals surface area contributed by atoms with Crippen LogP contribution in [0.25, 0.3) is 6.08 Å². The number of nitrogens with one attached hydrogen (secondary N) is 1. The summed E-state index contributed by atoms with van der Waals surface area (Å²) in [4.78, 5) is 13.7. The molecule has 0 aliphatic carbocycles.